The number of esters is 1. The number of hydrogen-bond acceptors (Lipinski definition) is 5. The monoisotopic (exact) mass is 265 g/mol. The lowest BCUT2D eigenvalue weighted by atomic mass is 10.1. The number of hydrogen-bond donors (Lipinski definition) is 1. The SMILES string of the molecule is CCCC(Nc1ccc2c(c1)OCO2)C(=O)OCC. The molecule has 1 aliphatic heterocycles. The van der Waals surface area contributed by atoms with Crippen LogP contribution in [0.2, 0.25) is 0 Å². The Kier molecular flexibility index (Phi) is 4.49. The van der Waals surface area contributed by atoms with E-state index in [9.17, 15) is 4.79 Å². The highest BCUT2D eigenvalue weighted by Gasteiger charge is 2.20. The summed E-state index contributed by atoms with van der Waals surface area (Å²) in [5, 5.41) is 3.18. The maximum atomic E-state index is 11.8. The fourth-order valence-corrected chi connectivity index (χ4v) is 1.97. The van der Waals surface area contributed by atoms with Crippen LogP contribution in [0.3, 0.4) is 0 Å². The second-order valence-corrected chi connectivity index (χ2v) is 4.31. The van der Waals surface area contributed by atoms with Gasteiger partial charge in [0.2, 0.25) is 6.79 Å². The van der Waals surface area contributed by atoms with Crippen LogP contribution in [0.4, 0.5) is 5.69 Å². The van der Waals surface area contributed by atoms with Crippen LogP contribution >= 0.6 is 0 Å². The molecule has 1 aromatic carbocycles. The smallest absolute Gasteiger partial charge is 0.328 e. The molecule has 0 saturated carbocycles. The molecular formula is C14H19NO4. The number of nitrogens with one attached hydrogen (secondary N) is 1. The highest BCUT2D eigenvalue weighted by Crippen LogP contribution is 2.34. The van der Waals surface area contributed by atoms with E-state index in [1.165, 1.54) is 0 Å². The summed E-state index contributed by atoms with van der Waals surface area (Å²) < 4.78 is 15.6. The molecule has 0 spiro atoms. The first-order valence-corrected chi connectivity index (χ1v) is 6.57. The minimum atomic E-state index is -0.328. The number of carbonyl (C=O) groups excluding carboxylic acids is 1. The number of fused-ring (bicyclic) bond motifs is 1. The van der Waals surface area contributed by atoms with Crippen molar-refractivity contribution in [1.29, 1.82) is 0 Å². The van der Waals surface area contributed by atoms with Crippen molar-refractivity contribution in [2.75, 3.05) is 18.7 Å². The van der Waals surface area contributed by atoms with Gasteiger partial charge in [-0.15, -0.1) is 0 Å². The Labute approximate surface area is 112 Å². The van der Waals surface area contributed by atoms with Gasteiger partial charge in [-0.1, -0.05) is 13.3 Å². The third-order valence-corrected chi connectivity index (χ3v) is 2.86. The molecule has 0 amide bonds. The number of anilines is 1. The van der Waals surface area contributed by atoms with Crippen molar-refractivity contribution >= 4 is 11.7 Å². The molecule has 0 saturated heterocycles. The van der Waals surface area contributed by atoms with Gasteiger partial charge in [-0.05, 0) is 25.5 Å². The Balaban J connectivity index is 2.06. The van der Waals surface area contributed by atoms with Gasteiger partial charge >= 0.3 is 5.97 Å². The Morgan fingerprint density at radius 1 is 1.37 bits per heavy atom. The number of rotatable bonds is 6. The summed E-state index contributed by atoms with van der Waals surface area (Å²) >= 11 is 0. The molecule has 2 rings (SSSR count). The van der Waals surface area contributed by atoms with Crippen molar-refractivity contribution < 1.29 is 19.0 Å². The minimum absolute atomic E-state index is 0.220. The molecule has 19 heavy (non-hydrogen) atoms. The van der Waals surface area contributed by atoms with Gasteiger partial charge in [0, 0.05) is 11.8 Å². The van der Waals surface area contributed by atoms with E-state index in [-0.39, 0.29) is 18.8 Å². The zero-order valence-corrected chi connectivity index (χ0v) is 11.3. The van der Waals surface area contributed by atoms with Crippen molar-refractivity contribution in [3.8, 4) is 11.5 Å². The molecule has 0 fully saturated rings. The minimum Gasteiger partial charge on any atom is -0.464 e. The molecule has 1 aromatic rings. The molecule has 1 N–H and O–H groups in total. The van der Waals surface area contributed by atoms with Gasteiger partial charge in [0.25, 0.3) is 0 Å². The second-order valence-electron chi connectivity index (χ2n) is 4.31. The summed E-state index contributed by atoms with van der Waals surface area (Å²) in [5.41, 5.74) is 0.829. The molecule has 5 heteroatoms. The fourth-order valence-electron chi connectivity index (χ4n) is 1.97. The van der Waals surface area contributed by atoms with Crippen LogP contribution in [-0.4, -0.2) is 25.4 Å². The summed E-state index contributed by atoms with van der Waals surface area (Å²) in [4.78, 5) is 11.8. The molecule has 0 radical (unpaired) electrons. The fraction of sp³-hybridized carbons (Fsp3) is 0.500. The predicted octanol–water partition coefficient (Wildman–Crippen LogP) is 2.56. The summed E-state index contributed by atoms with van der Waals surface area (Å²) in [7, 11) is 0. The summed E-state index contributed by atoms with van der Waals surface area (Å²) in [6, 6.07) is 5.21. The van der Waals surface area contributed by atoms with Gasteiger partial charge in [0.15, 0.2) is 11.5 Å². The molecule has 1 atom stereocenters. The van der Waals surface area contributed by atoms with Crippen LogP contribution in [0, 0.1) is 0 Å². The Hall–Kier alpha value is -1.91. The number of carbonyl (C=O) groups is 1. The Morgan fingerprint density at radius 3 is 2.89 bits per heavy atom. The first-order chi connectivity index (χ1) is 9.24. The van der Waals surface area contributed by atoms with Crippen LogP contribution in [0.5, 0.6) is 11.5 Å². The standard InChI is InChI=1S/C14H19NO4/c1-3-5-11(14(16)17-4-2)15-10-6-7-12-13(8-10)19-9-18-12/h6-8,11,15H,3-5,9H2,1-2H3. The maximum absolute atomic E-state index is 11.8. The van der Waals surface area contributed by atoms with Crippen molar-refractivity contribution in [1.82, 2.24) is 0 Å². The molecule has 1 heterocycles. The van der Waals surface area contributed by atoms with E-state index < -0.39 is 0 Å². The first-order valence-electron chi connectivity index (χ1n) is 6.57. The molecule has 0 aliphatic carbocycles. The van der Waals surface area contributed by atoms with Crippen molar-refractivity contribution in [3.05, 3.63) is 18.2 Å². The lowest BCUT2D eigenvalue weighted by molar-refractivity contribution is -0.144. The average Bonchev–Trinajstić information content (AvgIpc) is 2.86. The molecule has 0 bridgehead atoms. The topological polar surface area (TPSA) is 56.8 Å². The quantitative estimate of drug-likeness (QED) is 0.801. The molecule has 104 valence electrons. The van der Waals surface area contributed by atoms with Gasteiger partial charge in [0.05, 0.1) is 6.61 Å². The van der Waals surface area contributed by atoms with Gasteiger partial charge in [-0.2, -0.15) is 0 Å². The van der Waals surface area contributed by atoms with Gasteiger partial charge < -0.3 is 19.5 Å². The lowest BCUT2D eigenvalue weighted by Crippen LogP contribution is -2.31. The van der Waals surface area contributed by atoms with Crippen LogP contribution < -0.4 is 14.8 Å². The average molecular weight is 265 g/mol. The first kappa shape index (κ1) is 13.5. The van der Waals surface area contributed by atoms with E-state index >= 15 is 0 Å². The third kappa shape index (κ3) is 3.30. The number of benzene rings is 1. The highest BCUT2D eigenvalue weighted by atomic mass is 16.7. The van der Waals surface area contributed by atoms with Crippen LogP contribution in [0.25, 0.3) is 0 Å². The summed E-state index contributed by atoms with van der Waals surface area (Å²) in [6.45, 7) is 4.48. The maximum Gasteiger partial charge on any atom is 0.328 e. The van der Waals surface area contributed by atoms with E-state index in [0.717, 1.165) is 24.3 Å². The van der Waals surface area contributed by atoms with Crippen LogP contribution in [0.15, 0.2) is 18.2 Å². The van der Waals surface area contributed by atoms with Crippen LogP contribution in [0.1, 0.15) is 26.7 Å². The van der Waals surface area contributed by atoms with E-state index in [1.54, 1.807) is 0 Å². The molecule has 5 nitrogen and oxygen atoms in total. The van der Waals surface area contributed by atoms with E-state index in [4.69, 9.17) is 14.2 Å². The Bertz CT molecular complexity index is 447. The normalized spacial score (nSPS) is 14.0. The zero-order chi connectivity index (χ0) is 13.7. The third-order valence-electron chi connectivity index (χ3n) is 2.86. The lowest BCUT2D eigenvalue weighted by Gasteiger charge is -2.17. The molecule has 1 aliphatic rings. The van der Waals surface area contributed by atoms with Gasteiger partial charge in [-0.3, -0.25) is 0 Å². The van der Waals surface area contributed by atoms with Gasteiger partial charge in [0.1, 0.15) is 6.04 Å². The second kappa shape index (κ2) is 6.31. The molecule has 1 unspecified atom stereocenters. The highest BCUT2D eigenvalue weighted by molar-refractivity contribution is 5.79. The Morgan fingerprint density at radius 2 is 2.16 bits per heavy atom. The van der Waals surface area contributed by atoms with Crippen molar-refractivity contribution in [3.63, 3.8) is 0 Å². The van der Waals surface area contributed by atoms with E-state index in [2.05, 4.69) is 5.32 Å². The van der Waals surface area contributed by atoms with E-state index in [0.29, 0.717) is 12.4 Å². The van der Waals surface area contributed by atoms with E-state index in [1.807, 2.05) is 32.0 Å². The van der Waals surface area contributed by atoms with Crippen LogP contribution in [-0.2, 0) is 9.53 Å². The molecular weight excluding hydrogens is 246 g/mol. The largest absolute Gasteiger partial charge is 0.464 e. The van der Waals surface area contributed by atoms with Crippen molar-refractivity contribution in [2.24, 2.45) is 0 Å². The predicted molar refractivity (Wildman–Crippen MR) is 71.5 cm³/mol. The zero-order valence-electron chi connectivity index (χ0n) is 11.3. The van der Waals surface area contributed by atoms with Gasteiger partial charge in [-0.25, -0.2) is 4.79 Å². The van der Waals surface area contributed by atoms with Crippen molar-refractivity contribution in [2.45, 2.75) is 32.7 Å². The summed E-state index contributed by atoms with van der Waals surface area (Å²) in [6.07, 6.45) is 1.63. The number of ether oxygens (including phenoxy) is 3. The molecule has 0 aromatic heterocycles. The summed E-state index contributed by atoms with van der Waals surface area (Å²) in [5.74, 6) is 1.21.